The van der Waals surface area contributed by atoms with Gasteiger partial charge in [-0.25, -0.2) is 14.7 Å². The van der Waals surface area contributed by atoms with Crippen molar-refractivity contribution in [2.75, 3.05) is 13.7 Å². The number of carbonyl (C=O) groups is 2. The molecule has 1 heterocycles. The summed E-state index contributed by atoms with van der Waals surface area (Å²) in [4.78, 5) is 40.5. The fourth-order valence-electron chi connectivity index (χ4n) is 2.76. The summed E-state index contributed by atoms with van der Waals surface area (Å²) in [6.07, 6.45) is -0.822. The van der Waals surface area contributed by atoms with Crippen molar-refractivity contribution in [2.24, 2.45) is 10.9 Å². The van der Waals surface area contributed by atoms with Gasteiger partial charge in [-0.2, -0.15) is 0 Å². The van der Waals surface area contributed by atoms with Crippen LogP contribution in [0.4, 0.5) is 10.5 Å². The van der Waals surface area contributed by atoms with Crippen LogP contribution >= 0.6 is 12.2 Å². The summed E-state index contributed by atoms with van der Waals surface area (Å²) < 4.78 is 9.86. The third kappa shape index (κ3) is 3.69. The second-order valence-corrected chi connectivity index (χ2v) is 5.77. The second kappa shape index (κ2) is 8.00. The number of carbonyl (C=O) groups excluding carboxylic acids is 2. The molecule has 0 saturated carbocycles. The first-order valence-corrected chi connectivity index (χ1v) is 8.10. The molecule has 2 rings (SSSR count). The quantitative estimate of drug-likeness (QED) is 0.342. The molecule has 2 unspecified atom stereocenters. The van der Waals surface area contributed by atoms with Gasteiger partial charge in [-0.1, -0.05) is 12.1 Å². The Hall–Kier alpha value is -2.88. The summed E-state index contributed by atoms with van der Waals surface area (Å²) in [6, 6.07) is 4.67. The molecule has 10 heteroatoms. The summed E-state index contributed by atoms with van der Waals surface area (Å²) in [5.41, 5.74) is 0.519. The van der Waals surface area contributed by atoms with E-state index >= 15 is 0 Å². The average molecular weight is 379 g/mol. The summed E-state index contributed by atoms with van der Waals surface area (Å²) >= 11 is 5.16. The van der Waals surface area contributed by atoms with Gasteiger partial charge in [0.25, 0.3) is 5.69 Å². The molecule has 26 heavy (non-hydrogen) atoms. The van der Waals surface area contributed by atoms with Crippen molar-refractivity contribution in [3.05, 3.63) is 39.9 Å². The number of methoxy groups -OCH3 is 1. The number of amides is 1. The van der Waals surface area contributed by atoms with Gasteiger partial charge in [-0.05, 0) is 31.6 Å². The Bertz CT molecular complexity index is 794. The standard InChI is InChI=1S/C16H17N3O6S/c1-4-25-14(20)12-9(2)17-15(26)18(16(21)24-3)13(12)10-6-5-7-11(8-10)19(22)23/h5-8,12-13H,4H2,1-3H3. The summed E-state index contributed by atoms with van der Waals surface area (Å²) in [6.45, 7) is 3.37. The Morgan fingerprint density at radius 1 is 1.42 bits per heavy atom. The average Bonchev–Trinajstić information content (AvgIpc) is 2.60. The minimum atomic E-state index is -0.970. The summed E-state index contributed by atoms with van der Waals surface area (Å²) in [5, 5.41) is 11.0. The molecule has 0 aliphatic carbocycles. The van der Waals surface area contributed by atoms with Crippen LogP contribution in [-0.2, 0) is 14.3 Å². The van der Waals surface area contributed by atoms with E-state index in [0.717, 1.165) is 4.90 Å². The molecule has 0 bridgehead atoms. The predicted molar refractivity (Wildman–Crippen MR) is 95.9 cm³/mol. The molecule has 0 fully saturated rings. The van der Waals surface area contributed by atoms with E-state index < -0.39 is 28.9 Å². The topological polar surface area (TPSA) is 111 Å². The Morgan fingerprint density at radius 2 is 2.12 bits per heavy atom. The molecular weight excluding hydrogens is 362 g/mol. The lowest BCUT2D eigenvalue weighted by Gasteiger charge is -2.37. The van der Waals surface area contributed by atoms with Crippen LogP contribution < -0.4 is 0 Å². The zero-order chi connectivity index (χ0) is 19.4. The van der Waals surface area contributed by atoms with E-state index in [0.29, 0.717) is 11.3 Å². The van der Waals surface area contributed by atoms with Gasteiger partial charge in [-0.15, -0.1) is 0 Å². The zero-order valence-electron chi connectivity index (χ0n) is 14.4. The van der Waals surface area contributed by atoms with Crippen molar-refractivity contribution < 1.29 is 24.0 Å². The molecule has 0 saturated heterocycles. The number of rotatable bonds is 4. The third-order valence-corrected chi connectivity index (χ3v) is 4.14. The van der Waals surface area contributed by atoms with Gasteiger partial charge >= 0.3 is 12.1 Å². The van der Waals surface area contributed by atoms with Crippen molar-refractivity contribution in [3.63, 3.8) is 0 Å². The van der Waals surface area contributed by atoms with Crippen molar-refractivity contribution in [1.29, 1.82) is 0 Å². The Kier molecular flexibility index (Phi) is 5.98. The van der Waals surface area contributed by atoms with Crippen LogP contribution in [0.2, 0.25) is 0 Å². The van der Waals surface area contributed by atoms with Crippen LogP contribution in [0.5, 0.6) is 0 Å². The Labute approximate surface area is 154 Å². The molecule has 1 aliphatic rings. The molecule has 0 N–H and O–H groups in total. The molecule has 138 valence electrons. The maximum Gasteiger partial charge on any atom is 0.416 e. The SMILES string of the molecule is CCOC(=O)C1C(C)=NC(=S)N(C(=O)OC)C1c1cccc([N+](=O)[O-])c1. The van der Waals surface area contributed by atoms with E-state index in [2.05, 4.69) is 4.99 Å². The highest BCUT2D eigenvalue weighted by molar-refractivity contribution is 7.80. The van der Waals surface area contributed by atoms with Gasteiger partial charge in [0.2, 0.25) is 5.11 Å². The molecule has 0 spiro atoms. The molecule has 0 aromatic heterocycles. The van der Waals surface area contributed by atoms with E-state index in [9.17, 15) is 19.7 Å². The number of hydrogen-bond acceptors (Lipinski definition) is 7. The van der Waals surface area contributed by atoms with Gasteiger partial charge in [-0.3, -0.25) is 14.9 Å². The smallest absolute Gasteiger partial charge is 0.416 e. The fraction of sp³-hybridized carbons (Fsp3) is 0.375. The van der Waals surface area contributed by atoms with Crippen molar-refractivity contribution in [1.82, 2.24) is 4.90 Å². The molecule has 9 nitrogen and oxygen atoms in total. The maximum absolute atomic E-state index is 12.5. The number of esters is 1. The number of nitro benzene ring substituents is 1. The highest BCUT2D eigenvalue weighted by atomic mass is 32.1. The van der Waals surface area contributed by atoms with Crippen molar-refractivity contribution >= 4 is 40.8 Å². The highest BCUT2D eigenvalue weighted by Crippen LogP contribution is 2.36. The number of nitrogens with zero attached hydrogens (tertiary/aromatic N) is 3. The largest absolute Gasteiger partial charge is 0.465 e. The first-order chi connectivity index (χ1) is 12.3. The van der Waals surface area contributed by atoms with Gasteiger partial charge < -0.3 is 9.47 Å². The maximum atomic E-state index is 12.5. The molecule has 1 aromatic carbocycles. The van der Waals surface area contributed by atoms with Gasteiger partial charge in [0, 0.05) is 17.8 Å². The Morgan fingerprint density at radius 3 is 2.69 bits per heavy atom. The van der Waals surface area contributed by atoms with Crippen LogP contribution in [0.3, 0.4) is 0 Å². The van der Waals surface area contributed by atoms with Crippen LogP contribution in [0.25, 0.3) is 0 Å². The van der Waals surface area contributed by atoms with E-state index in [-0.39, 0.29) is 17.4 Å². The molecule has 2 atom stereocenters. The fourth-order valence-corrected chi connectivity index (χ4v) is 3.09. The number of hydrogen-bond donors (Lipinski definition) is 0. The molecular formula is C16H17N3O6S. The lowest BCUT2D eigenvalue weighted by Crippen LogP contribution is -2.49. The number of non-ortho nitro benzene ring substituents is 1. The minimum Gasteiger partial charge on any atom is -0.465 e. The normalized spacial score (nSPS) is 19.6. The van der Waals surface area contributed by atoms with Gasteiger partial charge in [0.15, 0.2) is 0 Å². The van der Waals surface area contributed by atoms with E-state index in [1.165, 1.54) is 25.3 Å². The Balaban J connectivity index is 2.65. The second-order valence-electron chi connectivity index (χ2n) is 5.40. The van der Waals surface area contributed by atoms with Gasteiger partial charge in [0.1, 0.15) is 5.92 Å². The first-order valence-electron chi connectivity index (χ1n) is 7.69. The van der Waals surface area contributed by atoms with Crippen molar-refractivity contribution in [3.8, 4) is 0 Å². The third-order valence-electron chi connectivity index (χ3n) is 3.86. The summed E-state index contributed by atoms with van der Waals surface area (Å²) in [5.74, 6) is -1.58. The lowest BCUT2D eigenvalue weighted by atomic mass is 9.87. The number of ether oxygens (including phenoxy) is 2. The first kappa shape index (κ1) is 19.4. The van der Waals surface area contributed by atoms with Crippen LogP contribution in [-0.4, -0.2) is 46.4 Å². The number of benzene rings is 1. The monoisotopic (exact) mass is 379 g/mol. The molecule has 1 aromatic rings. The summed E-state index contributed by atoms with van der Waals surface area (Å²) in [7, 11) is 1.17. The number of aliphatic imine (C=N–C) groups is 1. The highest BCUT2D eigenvalue weighted by Gasteiger charge is 2.45. The lowest BCUT2D eigenvalue weighted by molar-refractivity contribution is -0.385. The molecule has 0 radical (unpaired) electrons. The minimum absolute atomic E-state index is 0.0913. The molecule has 1 amide bonds. The van der Waals surface area contributed by atoms with Crippen molar-refractivity contribution in [2.45, 2.75) is 19.9 Å². The number of nitro groups is 1. The van der Waals surface area contributed by atoms with E-state index in [1.54, 1.807) is 19.9 Å². The van der Waals surface area contributed by atoms with E-state index in [1.807, 2.05) is 0 Å². The zero-order valence-corrected chi connectivity index (χ0v) is 15.2. The predicted octanol–water partition coefficient (Wildman–Crippen LogP) is 2.64. The molecule has 1 aliphatic heterocycles. The number of thiocarbonyl (C=S) groups is 1. The van der Waals surface area contributed by atoms with Gasteiger partial charge in [0.05, 0.1) is 24.7 Å². The van der Waals surface area contributed by atoms with Crippen LogP contribution in [0, 0.1) is 16.0 Å². The van der Waals surface area contributed by atoms with E-state index in [4.69, 9.17) is 21.7 Å². The van der Waals surface area contributed by atoms with Crippen LogP contribution in [0.1, 0.15) is 25.5 Å². The van der Waals surface area contributed by atoms with Crippen LogP contribution in [0.15, 0.2) is 29.3 Å².